The third-order valence-electron chi connectivity index (χ3n) is 5.06. The summed E-state index contributed by atoms with van der Waals surface area (Å²) in [6.07, 6.45) is 10.7. The third-order valence-corrected chi connectivity index (χ3v) is 5.06. The molecule has 4 nitrogen and oxygen atoms in total. The van der Waals surface area contributed by atoms with Crippen LogP contribution >= 0.6 is 0 Å². The molecule has 1 aliphatic heterocycles. The molecule has 0 aliphatic carbocycles. The van der Waals surface area contributed by atoms with Crippen LogP contribution in [0.25, 0.3) is 0 Å². The molecule has 4 heteroatoms. The van der Waals surface area contributed by atoms with Gasteiger partial charge in [-0.15, -0.1) is 0 Å². The molecule has 5 N–H and O–H groups in total. The number of nitrogen functional groups attached to an aromatic ring is 1. The second-order valence-corrected chi connectivity index (χ2v) is 8.35. The Morgan fingerprint density at radius 2 is 2.07 bits per heavy atom. The average molecular weight is 381 g/mol. The van der Waals surface area contributed by atoms with Crippen LogP contribution in [0, 0.1) is 5.41 Å². The molecule has 28 heavy (non-hydrogen) atoms. The quantitative estimate of drug-likeness (QED) is 0.494. The van der Waals surface area contributed by atoms with Crippen molar-refractivity contribution in [2.45, 2.75) is 53.0 Å². The van der Waals surface area contributed by atoms with Crippen molar-refractivity contribution in [1.82, 2.24) is 5.32 Å². The fraction of sp³-hybridized carbons (Fsp3) is 0.458. The van der Waals surface area contributed by atoms with E-state index in [0.29, 0.717) is 13.1 Å². The highest BCUT2D eigenvalue weighted by Crippen LogP contribution is 2.35. The first-order valence-corrected chi connectivity index (χ1v) is 10.2. The molecule has 1 heterocycles. The molecule has 1 unspecified atom stereocenters. The van der Waals surface area contributed by atoms with E-state index in [1.165, 1.54) is 22.3 Å². The van der Waals surface area contributed by atoms with E-state index in [1.54, 1.807) is 0 Å². The number of aliphatic imine (C=N–C) groups is 1. The lowest BCUT2D eigenvalue weighted by Crippen LogP contribution is -2.19. The number of benzene rings is 1. The Morgan fingerprint density at radius 1 is 1.32 bits per heavy atom. The molecule has 0 aromatic heterocycles. The lowest BCUT2D eigenvalue weighted by molar-refractivity contribution is 0.513. The Kier molecular flexibility index (Phi) is 7.64. The Balaban J connectivity index is 2.67. The van der Waals surface area contributed by atoms with Crippen LogP contribution in [0.4, 0.5) is 5.69 Å². The van der Waals surface area contributed by atoms with Crippen molar-refractivity contribution in [3.05, 3.63) is 64.4 Å². The van der Waals surface area contributed by atoms with Crippen molar-refractivity contribution in [3.8, 4) is 0 Å². The number of allylic oxidation sites excluding steroid dienone is 4. The number of anilines is 1. The predicted octanol–water partition coefficient (Wildman–Crippen LogP) is 4.70. The minimum atomic E-state index is 0.0730. The van der Waals surface area contributed by atoms with E-state index in [-0.39, 0.29) is 11.3 Å². The number of nitrogens with one attached hydrogen (secondary N) is 1. The van der Waals surface area contributed by atoms with E-state index < -0.39 is 0 Å². The SMILES string of the molecule is CC/C=C(/C=C(\NC)C1/C=C(CCN)\C=N/Cc2ccc(N)cc21)C(C)(C)C. The van der Waals surface area contributed by atoms with Crippen LogP contribution in [-0.2, 0) is 6.54 Å². The van der Waals surface area contributed by atoms with Crippen LogP contribution in [0.5, 0.6) is 0 Å². The van der Waals surface area contributed by atoms with Crippen LogP contribution in [-0.4, -0.2) is 19.8 Å². The molecule has 0 saturated carbocycles. The zero-order valence-corrected chi connectivity index (χ0v) is 18.0. The van der Waals surface area contributed by atoms with E-state index in [2.05, 4.69) is 68.4 Å². The highest BCUT2D eigenvalue weighted by molar-refractivity contribution is 5.79. The van der Waals surface area contributed by atoms with Crippen LogP contribution in [0.1, 0.15) is 57.6 Å². The summed E-state index contributed by atoms with van der Waals surface area (Å²) in [5.74, 6) is 0.0828. The number of fused-ring (bicyclic) bond motifs is 1. The zero-order chi connectivity index (χ0) is 20.7. The predicted molar refractivity (Wildman–Crippen MR) is 123 cm³/mol. The van der Waals surface area contributed by atoms with Gasteiger partial charge in [0.2, 0.25) is 0 Å². The van der Waals surface area contributed by atoms with Gasteiger partial charge in [0.05, 0.1) is 6.54 Å². The molecule has 0 radical (unpaired) electrons. The number of nitrogens with two attached hydrogens (primary N) is 2. The summed E-state index contributed by atoms with van der Waals surface area (Å²) >= 11 is 0. The Morgan fingerprint density at radius 3 is 2.68 bits per heavy atom. The highest BCUT2D eigenvalue weighted by atomic mass is 14.8. The molecule has 0 fully saturated rings. The van der Waals surface area contributed by atoms with Crippen molar-refractivity contribution in [3.63, 3.8) is 0 Å². The first-order valence-electron chi connectivity index (χ1n) is 10.2. The Labute approximate surface area is 170 Å². The van der Waals surface area contributed by atoms with Gasteiger partial charge in [-0.25, -0.2) is 0 Å². The largest absolute Gasteiger partial charge is 0.399 e. The monoisotopic (exact) mass is 380 g/mol. The molecule has 1 aromatic carbocycles. The number of hydrogen-bond acceptors (Lipinski definition) is 4. The van der Waals surface area contributed by atoms with Gasteiger partial charge in [0, 0.05) is 30.6 Å². The van der Waals surface area contributed by atoms with Crippen LogP contribution < -0.4 is 16.8 Å². The van der Waals surface area contributed by atoms with Gasteiger partial charge < -0.3 is 16.8 Å². The first-order chi connectivity index (χ1) is 13.3. The van der Waals surface area contributed by atoms with Gasteiger partial charge in [-0.2, -0.15) is 0 Å². The molecule has 1 aliphatic rings. The average Bonchev–Trinajstić information content (AvgIpc) is 2.62. The molecule has 1 aromatic rings. The number of rotatable bonds is 6. The second-order valence-electron chi connectivity index (χ2n) is 8.35. The summed E-state index contributed by atoms with van der Waals surface area (Å²) in [4.78, 5) is 4.61. The number of likely N-dealkylation sites (N-methyl/N-ethyl adjacent to an activating group) is 1. The molecule has 2 rings (SSSR count). The maximum absolute atomic E-state index is 6.16. The van der Waals surface area contributed by atoms with Gasteiger partial charge >= 0.3 is 0 Å². The summed E-state index contributed by atoms with van der Waals surface area (Å²) in [5, 5.41) is 3.46. The summed E-state index contributed by atoms with van der Waals surface area (Å²) < 4.78 is 0. The smallest absolute Gasteiger partial charge is 0.0642 e. The van der Waals surface area contributed by atoms with E-state index in [9.17, 15) is 0 Å². The van der Waals surface area contributed by atoms with Crippen LogP contribution in [0.3, 0.4) is 0 Å². The van der Waals surface area contributed by atoms with Gasteiger partial charge in [-0.05, 0) is 65.3 Å². The lowest BCUT2D eigenvalue weighted by atomic mass is 9.82. The topological polar surface area (TPSA) is 76.4 Å². The third kappa shape index (κ3) is 5.59. The van der Waals surface area contributed by atoms with Gasteiger partial charge in [-0.1, -0.05) is 45.9 Å². The first kappa shape index (κ1) is 22.0. The van der Waals surface area contributed by atoms with Gasteiger partial charge in [0.25, 0.3) is 0 Å². The maximum Gasteiger partial charge on any atom is 0.0642 e. The van der Waals surface area contributed by atoms with Crippen LogP contribution in [0.2, 0.25) is 0 Å². The van der Waals surface area contributed by atoms with Gasteiger partial charge in [0.15, 0.2) is 0 Å². The number of hydrogen-bond donors (Lipinski definition) is 3. The van der Waals surface area contributed by atoms with Crippen LogP contribution in [0.15, 0.2) is 58.3 Å². The van der Waals surface area contributed by atoms with Crippen molar-refractivity contribution in [1.29, 1.82) is 0 Å². The number of nitrogens with zero attached hydrogens (tertiary/aromatic N) is 1. The molecule has 1 atom stereocenters. The van der Waals surface area contributed by atoms with Crippen molar-refractivity contribution < 1.29 is 0 Å². The fourth-order valence-corrected chi connectivity index (χ4v) is 3.51. The summed E-state index contributed by atoms with van der Waals surface area (Å²) in [7, 11) is 1.99. The summed E-state index contributed by atoms with van der Waals surface area (Å²) in [5.41, 5.74) is 18.9. The highest BCUT2D eigenvalue weighted by Gasteiger charge is 2.22. The fourth-order valence-electron chi connectivity index (χ4n) is 3.51. The molecular weight excluding hydrogens is 344 g/mol. The van der Waals surface area contributed by atoms with Gasteiger partial charge in [-0.3, -0.25) is 4.99 Å². The normalized spacial score (nSPS) is 21.2. The molecule has 152 valence electrons. The molecule has 0 saturated heterocycles. The second kappa shape index (κ2) is 9.74. The van der Waals surface area contributed by atoms with Gasteiger partial charge in [0.1, 0.15) is 0 Å². The molecule has 0 spiro atoms. The van der Waals surface area contributed by atoms with Crippen molar-refractivity contribution >= 4 is 11.9 Å². The summed E-state index contributed by atoms with van der Waals surface area (Å²) in [6.45, 7) is 10.2. The standard InChI is InChI=1S/C24H36N4/c1-6-7-19(24(2,3)4)13-23(27-5)22-12-17(10-11-25)15-28-16-18-8-9-20(26)14-21(18)22/h7-9,12-15,22,27H,6,10-11,16,25-26H2,1-5H3/b17-12-,19-7-,23-13-,28-15-. The zero-order valence-electron chi connectivity index (χ0n) is 18.0. The minimum Gasteiger partial charge on any atom is -0.399 e. The molecule has 0 bridgehead atoms. The van der Waals surface area contributed by atoms with E-state index in [0.717, 1.165) is 24.2 Å². The Bertz CT molecular complexity index is 791. The maximum atomic E-state index is 6.16. The lowest BCUT2D eigenvalue weighted by Gasteiger charge is -2.26. The molecular formula is C24H36N4. The summed E-state index contributed by atoms with van der Waals surface area (Å²) in [6, 6.07) is 6.14. The Hall–Kier alpha value is -2.33. The van der Waals surface area contributed by atoms with Crippen molar-refractivity contribution in [2.24, 2.45) is 16.1 Å². The minimum absolute atomic E-state index is 0.0730. The van der Waals surface area contributed by atoms with E-state index >= 15 is 0 Å². The molecule has 0 amide bonds. The van der Waals surface area contributed by atoms with E-state index in [4.69, 9.17) is 11.5 Å². The van der Waals surface area contributed by atoms with E-state index in [1.807, 2.05) is 19.3 Å². The van der Waals surface area contributed by atoms with Crippen molar-refractivity contribution in [2.75, 3.05) is 19.3 Å².